The second kappa shape index (κ2) is 6.04. The Morgan fingerprint density at radius 3 is 2.80 bits per heavy atom. The topological polar surface area (TPSA) is 41.1 Å². The number of anilines is 1. The molecule has 0 spiro atoms. The first-order valence-corrected chi connectivity index (χ1v) is 7.75. The number of aryl methyl sites for hydroxylation is 1. The van der Waals surface area contributed by atoms with E-state index < -0.39 is 0 Å². The van der Waals surface area contributed by atoms with Gasteiger partial charge in [-0.1, -0.05) is 6.92 Å². The minimum Gasteiger partial charge on any atom is -0.352 e. The van der Waals surface area contributed by atoms with Crippen LogP contribution in [0, 0.1) is 11.7 Å². The normalized spacial score (nSPS) is 22.2. The molecule has 1 aliphatic heterocycles. The standard InChI is InChI=1S/C15H23FN4/c1-2-13-14(16)15(19-10-18-13)20(8-11-5-6-11)9-12-4-3-7-17-12/h10-12,17H,2-9H2,1H3. The molecule has 0 bridgehead atoms. The Hall–Kier alpha value is -1.23. The molecule has 2 fully saturated rings. The minimum absolute atomic E-state index is 0.228. The molecular formula is C15H23FN4. The molecular weight excluding hydrogens is 255 g/mol. The number of aromatic nitrogens is 2. The molecule has 1 aliphatic carbocycles. The van der Waals surface area contributed by atoms with Crippen LogP contribution in [0.5, 0.6) is 0 Å². The zero-order valence-corrected chi connectivity index (χ0v) is 12.1. The van der Waals surface area contributed by atoms with Crippen molar-refractivity contribution in [2.45, 2.75) is 45.1 Å². The second-order valence-corrected chi connectivity index (χ2v) is 5.95. The Labute approximate surface area is 119 Å². The van der Waals surface area contributed by atoms with Crippen molar-refractivity contribution >= 4 is 5.82 Å². The molecule has 3 rings (SSSR count). The van der Waals surface area contributed by atoms with Gasteiger partial charge in [0.25, 0.3) is 0 Å². The number of rotatable bonds is 6. The summed E-state index contributed by atoms with van der Waals surface area (Å²) in [6.45, 7) is 4.79. The SMILES string of the molecule is CCc1ncnc(N(CC2CC2)CC2CCCN2)c1F. The predicted molar refractivity (Wildman–Crippen MR) is 77.3 cm³/mol. The fourth-order valence-electron chi connectivity index (χ4n) is 2.90. The van der Waals surface area contributed by atoms with Crippen LogP contribution in [0.3, 0.4) is 0 Å². The Kier molecular flexibility index (Phi) is 4.15. The summed E-state index contributed by atoms with van der Waals surface area (Å²) >= 11 is 0. The molecule has 1 aromatic rings. The molecule has 1 saturated carbocycles. The van der Waals surface area contributed by atoms with Crippen LogP contribution in [0.2, 0.25) is 0 Å². The van der Waals surface area contributed by atoms with Crippen LogP contribution in [0.4, 0.5) is 10.2 Å². The monoisotopic (exact) mass is 278 g/mol. The maximum absolute atomic E-state index is 14.5. The number of nitrogens with one attached hydrogen (secondary N) is 1. The lowest BCUT2D eigenvalue weighted by atomic mass is 10.2. The molecule has 2 aliphatic rings. The van der Waals surface area contributed by atoms with Gasteiger partial charge in [0.1, 0.15) is 6.33 Å². The molecule has 0 amide bonds. The first kappa shape index (κ1) is 13.7. The number of nitrogens with zero attached hydrogens (tertiary/aromatic N) is 3. The zero-order valence-electron chi connectivity index (χ0n) is 12.1. The maximum Gasteiger partial charge on any atom is 0.187 e. The zero-order chi connectivity index (χ0) is 13.9. The lowest BCUT2D eigenvalue weighted by Gasteiger charge is -2.27. The molecule has 1 unspecified atom stereocenters. The van der Waals surface area contributed by atoms with Gasteiger partial charge < -0.3 is 10.2 Å². The van der Waals surface area contributed by atoms with Gasteiger partial charge in [-0.05, 0) is 44.6 Å². The highest BCUT2D eigenvalue weighted by Gasteiger charge is 2.29. The fourth-order valence-corrected chi connectivity index (χ4v) is 2.90. The average Bonchev–Trinajstić information content (AvgIpc) is 3.12. The summed E-state index contributed by atoms with van der Waals surface area (Å²) in [7, 11) is 0. The van der Waals surface area contributed by atoms with Gasteiger partial charge in [-0.25, -0.2) is 14.4 Å². The van der Waals surface area contributed by atoms with Gasteiger partial charge in [-0.15, -0.1) is 0 Å². The molecule has 5 heteroatoms. The lowest BCUT2D eigenvalue weighted by Crippen LogP contribution is -2.39. The Morgan fingerprint density at radius 2 is 2.15 bits per heavy atom. The third-order valence-corrected chi connectivity index (χ3v) is 4.26. The highest BCUT2D eigenvalue weighted by Crippen LogP contribution is 2.32. The van der Waals surface area contributed by atoms with Crippen LogP contribution in [0.1, 0.15) is 38.3 Å². The molecule has 0 aromatic carbocycles. The van der Waals surface area contributed by atoms with Crippen molar-refractivity contribution in [1.82, 2.24) is 15.3 Å². The van der Waals surface area contributed by atoms with Gasteiger partial charge in [0.2, 0.25) is 0 Å². The Balaban J connectivity index is 1.79. The third-order valence-electron chi connectivity index (χ3n) is 4.26. The van der Waals surface area contributed by atoms with Crippen LogP contribution in [0.25, 0.3) is 0 Å². The second-order valence-electron chi connectivity index (χ2n) is 5.95. The van der Waals surface area contributed by atoms with E-state index in [9.17, 15) is 4.39 Å². The van der Waals surface area contributed by atoms with Gasteiger partial charge in [0.05, 0.1) is 5.69 Å². The first-order chi connectivity index (χ1) is 9.78. The van der Waals surface area contributed by atoms with Crippen LogP contribution in [-0.2, 0) is 6.42 Å². The van der Waals surface area contributed by atoms with Crippen LogP contribution in [0.15, 0.2) is 6.33 Å². The van der Waals surface area contributed by atoms with Crippen molar-refractivity contribution in [3.8, 4) is 0 Å². The van der Waals surface area contributed by atoms with Gasteiger partial charge in [-0.2, -0.15) is 0 Å². The van der Waals surface area contributed by atoms with E-state index in [1.165, 1.54) is 32.0 Å². The third kappa shape index (κ3) is 3.08. The summed E-state index contributed by atoms with van der Waals surface area (Å²) in [5.41, 5.74) is 0.523. The van der Waals surface area contributed by atoms with Crippen molar-refractivity contribution in [3.05, 3.63) is 17.8 Å². The fraction of sp³-hybridized carbons (Fsp3) is 0.733. The first-order valence-electron chi connectivity index (χ1n) is 7.75. The molecule has 1 atom stereocenters. The van der Waals surface area contributed by atoms with Crippen molar-refractivity contribution in [2.24, 2.45) is 5.92 Å². The van der Waals surface area contributed by atoms with Crippen molar-refractivity contribution in [3.63, 3.8) is 0 Å². The van der Waals surface area contributed by atoms with Gasteiger partial charge >= 0.3 is 0 Å². The van der Waals surface area contributed by atoms with Crippen LogP contribution >= 0.6 is 0 Å². The summed E-state index contributed by atoms with van der Waals surface area (Å²) < 4.78 is 14.5. The number of halogens is 1. The maximum atomic E-state index is 14.5. The Morgan fingerprint density at radius 1 is 1.30 bits per heavy atom. The highest BCUT2D eigenvalue weighted by atomic mass is 19.1. The largest absolute Gasteiger partial charge is 0.352 e. The molecule has 0 radical (unpaired) electrons. The molecule has 110 valence electrons. The molecule has 4 nitrogen and oxygen atoms in total. The van der Waals surface area contributed by atoms with Crippen LogP contribution in [-0.4, -0.2) is 35.6 Å². The molecule has 20 heavy (non-hydrogen) atoms. The molecule has 1 aromatic heterocycles. The summed E-state index contributed by atoms with van der Waals surface area (Å²) in [6.07, 6.45) is 7.03. The van der Waals surface area contributed by atoms with E-state index in [-0.39, 0.29) is 5.82 Å². The van der Waals surface area contributed by atoms with Gasteiger partial charge in [0, 0.05) is 19.1 Å². The summed E-state index contributed by atoms with van der Waals surface area (Å²) in [4.78, 5) is 10.4. The van der Waals surface area contributed by atoms with E-state index in [4.69, 9.17) is 0 Å². The van der Waals surface area contributed by atoms with E-state index in [0.29, 0.717) is 24.0 Å². The quantitative estimate of drug-likeness (QED) is 0.865. The summed E-state index contributed by atoms with van der Waals surface area (Å²) in [6, 6.07) is 0.466. The van der Waals surface area contributed by atoms with E-state index >= 15 is 0 Å². The average molecular weight is 278 g/mol. The smallest absolute Gasteiger partial charge is 0.187 e. The van der Waals surface area contributed by atoms with E-state index in [2.05, 4.69) is 20.2 Å². The predicted octanol–water partition coefficient (Wildman–Crippen LogP) is 2.15. The molecule has 1 saturated heterocycles. The van der Waals surface area contributed by atoms with E-state index in [0.717, 1.165) is 25.6 Å². The van der Waals surface area contributed by atoms with Crippen LogP contribution < -0.4 is 10.2 Å². The van der Waals surface area contributed by atoms with Gasteiger partial charge in [-0.3, -0.25) is 0 Å². The van der Waals surface area contributed by atoms with Gasteiger partial charge in [0.15, 0.2) is 11.6 Å². The van der Waals surface area contributed by atoms with E-state index in [1.54, 1.807) is 0 Å². The van der Waals surface area contributed by atoms with Crippen molar-refractivity contribution < 1.29 is 4.39 Å². The van der Waals surface area contributed by atoms with Crippen molar-refractivity contribution in [2.75, 3.05) is 24.5 Å². The van der Waals surface area contributed by atoms with E-state index in [1.807, 2.05) is 6.92 Å². The minimum atomic E-state index is -0.228. The van der Waals surface area contributed by atoms with Crippen molar-refractivity contribution in [1.29, 1.82) is 0 Å². The Bertz CT molecular complexity index is 455. The highest BCUT2D eigenvalue weighted by molar-refractivity contribution is 5.41. The molecule has 2 heterocycles. The number of hydrogen-bond acceptors (Lipinski definition) is 4. The summed E-state index contributed by atoms with van der Waals surface area (Å²) in [5.74, 6) is 0.988. The number of hydrogen-bond donors (Lipinski definition) is 1. The summed E-state index contributed by atoms with van der Waals surface area (Å²) in [5, 5.41) is 3.49. The lowest BCUT2D eigenvalue weighted by molar-refractivity contribution is 0.540. The molecule has 1 N–H and O–H groups in total.